The lowest BCUT2D eigenvalue weighted by Crippen LogP contribution is -2.39. The second kappa shape index (κ2) is 12.7. The summed E-state index contributed by atoms with van der Waals surface area (Å²) in [5.41, 5.74) is -0.176. The standard InChI is InChI=1S/C19H24F3N3O2.HI/c1-26-11-4-9-23-18(24-10-8-17-7-3-12-27-17)25-14-15-5-2-6-16(13-15)19(20,21)22;/h2-3,5-7,12-13H,4,8-11,14H2,1H3,(H2,23,24,25);1H. The third-order valence-electron chi connectivity index (χ3n) is 3.74. The maximum atomic E-state index is 12.8. The Labute approximate surface area is 179 Å². The fourth-order valence-electron chi connectivity index (χ4n) is 2.37. The number of halogens is 4. The van der Waals surface area contributed by atoms with Crippen LogP contribution in [-0.4, -0.2) is 32.8 Å². The summed E-state index contributed by atoms with van der Waals surface area (Å²) < 4.78 is 48.8. The van der Waals surface area contributed by atoms with Gasteiger partial charge in [-0.05, 0) is 36.2 Å². The van der Waals surface area contributed by atoms with Crippen molar-refractivity contribution in [2.24, 2.45) is 4.99 Å². The van der Waals surface area contributed by atoms with Gasteiger partial charge in [0.2, 0.25) is 0 Å². The predicted molar refractivity (Wildman–Crippen MR) is 113 cm³/mol. The van der Waals surface area contributed by atoms with E-state index in [1.807, 2.05) is 12.1 Å². The molecule has 0 aliphatic carbocycles. The predicted octanol–water partition coefficient (Wildman–Crippen LogP) is 4.23. The summed E-state index contributed by atoms with van der Waals surface area (Å²) in [6.07, 6.45) is -1.28. The van der Waals surface area contributed by atoms with Crippen LogP contribution < -0.4 is 10.6 Å². The van der Waals surface area contributed by atoms with Gasteiger partial charge in [0.1, 0.15) is 5.76 Å². The summed E-state index contributed by atoms with van der Waals surface area (Å²) in [5, 5.41) is 6.32. The molecule has 0 saturated heterocycles. The van der Waals surface area contributed by atoms with Crippen molar-refractivity contribution in [3.63, 3.8) is 0 Å². The van der Waals surface area contributed by atoms with Crippen molar-refractivity contribution in [2.75, 3.05) is 26.8 Å². The van der Waals surface area contributed by atoms with Gasteiger partial charge >= 0.3 is 6.18 Å². The Bertz CT molecular complexity index is 707. The summed E-state index contributed by atoms with van der Waals surface area (Å²) in [5.74, 6) is 1.38. The van der Waals surface area contributed by atoms with Crippen molar-refractivity contribution in [2.45, 2.75) is 25.6 Å². The van der Waals surface area contributed by atoms with E-state index in [9.17, 15) is 13.2 Å². The number of hydrogen-bond donors (Lipinski definition) is 2. The highest BCUT2D eigenvalue weighted by Crippen LogP contribution is 2.29. The first-order valence-corrected chi connectivity index (χ1v) is 8.68. The number of ether oxygens (including phenoxy) is 1. The highest BCUT2D eigenvalue weighted by molar-refractivity contribution is 14.0. The van der Waals surface area contributed by atoms with Crippen LogP contribution in [0.2, 0.25) is 0 Å². The number of hydrogen-bond acceptors (Lipinski definition) is 3. The number of furan rings is 1. The van der Waals surface area contributed by atoms with Gasteiger partial charge in [-0.2, -0.15) is 13.2 Å². The van der Waals surface area contributed by atoms with E-state index in [-0.39, 0.29) is 30.5 Å². The summed E-state index contributed by atoms with van der Waals surface area (Å²) in [4.78, 5) is 4.39. The first-order valence-electron chi connectivity index (χ1n) is 8.68. The largest absolute Gasteiger partial charge is 0.469 e. The van der Waals surface area contributed by atoms with Crippen LogP contribution in [0.1, 0.15) is 23.3 Å². The van der Waals surface area contributed by atoms with Crippen LogP contribution in [0.25, 0.3) is 0 Å². The number of nitrogens with one attached hydrogen (secondary N) is 2. The van der Waals surface area contributed by atoms with E-state index >= 15 is 0 Å². The number of rotatable bonds is 9. The lowest BCUT2D eigenvalue weighted by Gasteiger charge is -2.13. The fourth-order valence-corrected chi connectivity index (χ4v) is 2.37. The van der Waals surface area contributed by atoms with E-state index in [4.69, 9.17) is 9.15 Å². The molecule has 0 fully saturated rings. The first-order chi connectivity index (χ1) is 13.0. The molecular weight excluding hydrogens is 486 g/mol. The third kappa shape index (κ3) is 8.96. The minimum atomic E-state index is -4.36. The molecule has 0 radical (unpaired) electrons. The highest BCUT2D eigenvalue weighted by atomic mass is 127. The lowest BCUT2D eigenvalue weighted by molar-refractivity contribution is -0.137. The molecule has 28 heavy (non-hydrogen) atoms. The minimum absolute atomic E-state index is 0. The smallest absolute Gasteiger partial charge is 0.416 e. The topological polar surface area (TPSA) is 58.8 Å². The number of nitrogens with zero attached hydrogens (tertiary/aromatic N) is 1. The summed E-state index contributed by atoms with van der Waals surface area (Å²) in [6, 6.07) is 8.90. The Kier molecular flexibility index (Phi) is 11.0. The van der Waals surface area contributed by atoms with Crippen LogP contribution in [0.15, 0.2) is 52.1 Å². The van der Waals surface area contributed by atoms with Crippen LogP contribution >= 0.6 is 24.0 Å². The molecule has 9 heteroatoms. The Morgan fingerprint density at radius 1 is 1.14 bits per heavy atom. The Balaban J connectivity index is 0.00000392. The van der Waals surface area contributed by atoms with Gasteiger partial charge in [-0.3, -0.25) is 0 Å². The molecule has 1 aromatic heterocycles. The van der Waals surface area contributed by atoms with Crippen LogP contribution in [0.4, 0.5) is 13.2 Å². The normalized spacial score (nSPS) is 11.8. The average Bonchev–Trinajstić information content (AvgIpc) is 3.15. The molecule has 0 spiro atoms. The van der Waals surface area contributed by atoms with E-state index in [1.54, 1.807) is 19.4 Å². The zero-order valence-electron chi connectivity index (χ0n) is 15.6. The van der Waals surface area contributed by atoms with Crippen molar-refractivity contribution in [1.82, 2.24) is 10.6 Å². The molecule has 156 valence electrons. The number of aliphatic imine (C=N–C) groups is 1. The summed E-state index contributed by atoms with van der Waals surface area (Å²) in [6.45, 7) is 1.99. The van der Waals surface area contributed by atoms with E-state index in [0.717, 1.165) is 24.3 Å². The molecule has 0 unspecified atom stereocenters. The van der Waals surface area contributed by atoms with Gasteiger partial charge < -0.3 is 19.8 Å². The summed E-state index contributed by atoms with van der Waals surface area (Å²) >= 11 is 0. The van der Waals surface area contributed by atoms with Gasteiger partial charge in [0, 0.05) is 33.2 Å². The molecule has 0 bridgehead atoms. The summed E-state index contributed by atoms with van der Waals surface area (Å²) in [7, 11) is 1.63. The van der Waals surface area contributed by atoms with Gasteiger partial charge in [-0.25, -0.2) is 4.99 Å². The Morgan fingerprint density at radius 3 is 2.61 bits per heavy atom. The molecule has 1 aromatic carbocycles. The van der Waals surface area contributed by atoms with Gasteiger partial charge in [-0.1, -0.05) is 12.1 Å². The molecule has 2 aromatic rings. The maximum absolute atomic E-state index is 12.8. The average molecular weight is 511 g/mol. The molecule has 1 heterocycles. The van der Waals surface area contributed by atoms with Gasteiger partial charge in [0.25, 0.3) is 0 Å². The Hall–Kier alpha value is -1.75. The minimum Gasteiger partial charge on any atom is -0.469 e. The van der Waals surface area contributed by atoms with Crippen molar-refractivity contribution < 1.29 is 22.3 Å². The molecule has 0 atom stereocenters. The number of benzene rings is 1. The maximum Gasteiger partial charge on any atom is 0.416 e. The molecule has 0 aliphatic heterocycles. The fraction of sp³-hybridized carbons (Fsp3) is 0.421. The lowest BCUT2D eigenvalue weighted by atomic mass is 10.1. The first kappa shape index (κ1) is 24.3. The van der Waals surface area contributed by atoms with Gasteiger partial charge in [0.05, 0.1) is 18.4 Å². The van der Waals surface area contributed by atoms with E-state index in [2.05, 4.69) is 15.6 Å². The van der Waals surface area contributed by atoms with Crippen molar-refractivity contribution in [3.05, 3.63) is 59.5 Å². The highest BCUT2D eigenvalue weighted by Gasteiger charge is 2.30. The second-order valence-electron chi connectivity index (χ2n) is 5.89. The van der Waals surface area contributed by atoms with Crippen LogP contribution in [0.3, 0.4) is 0 Å². The van der Waals surface area contributed by atoms with Crippen LogP contribution in [0.5, 0.6) is 0 Å². The number of methoxy groups -OCH3 is 1. The number of guanidine groups is 1. The van der Waals surface area contributed by atoms with Crippen LogP contribution in [0, 0.1) is 0 Å². The van der Waals surface area contributed by atoms with Crippen molar-refractivity contribution in [1.29, 1.82) is 0 Å². The molecule has 0 aliphatic rings. The molecule has 5 nitrogen and oxygen atoms in total. The van der Waals surface area contributed by atoms with E-state index in [0.29, 0.717) is 37.6 Å². The second-order valence-corrected chi connectivity index (χ2v) is 5.89. The van der Waals surface area contributed by atoms with Crippen molar-refractivity contribution >= 4 is 29.9 Å². The quantitative estimate of drug-likeness (QED) is 0.229. The third-order valence-corrected chi connectivity index (χ3v) is 3.74. The van der Waals surface area contributed by atoms with Crippen molar-refractivity contribution in [3.8, 4) is 0 Å². The molecule has 0 amide bonds. The molecule has 0 saturated carbocycles. The Morgan fingerprint density at radius 2 is 1.93 bits per heavy atom. The van der Waals surface area contributed by atoms with Crippen LogP contribution in [-0.2, 0) is 23.9 Å². The molecule has 2 N–H and O–H groups in total. The molecular formula is C19H25F3IN3O2. The zero-order chi connectivity index (χ0) is 19.5. The van der Waals surface area contributed by atoms with E-state index in [1.165, 1.54) is 6.07 Å². The van der Waals surface area contributed by atoms with Gasteiger partial charge in [-0.15, -0.1) is 24.0 Å². The number of alkyl halides is 3. The molecule has 2 rings (SSSR count). The SMILES string of the molecule is COCCCNC(=NCc1cccc(C(F)(F)F)c1)NCCc1ccco1.I. The van der Waals surface area contributed by atoms with Gasteiger partial charge in [0.15, 0.2) is 5.96 Å². The zero-order valence-corrected chi connectivity index (χ0v) is 17.9. The monoisotopic (exact) mass is 511 g/mol. The van der Waals surface area contributed by atoms with E-state index < -0.39 is 11.7 Å².